The minimum atomic E-state index is 0.682. The van der Waals surface area contributed by atoms with Gasteiger partial charge >= 0.3 is 0 Å². The van der Waals surface area contributed by atoms with Gasteiger partial charge in [-0.25, -0.2) is 4.98 Å². The average molecular weight is 245 g/mol. The molecule has 4 heteroatoms. The number of nitrogens with zero attached hydrogens (tertiary/aromatic N) is 2. The zero-order valence-corrected chi connectivity index (χ0v) is 10.8. The van der Waals surface area contributed by atoms with Crippen molar-refractivity contribution in [1.29, 1.82) is 0 Å². The molecule has 2 rings (SSSR count). The predicted molar refractivity (Wildman–Crippen MR) is 71.4 cm³/mol. The molecule has 0 fully saturated rings. The Bertz CT molecular complexity index is 558. The van der Waals surface area contributed by atoms with Crippen LogP contribution < -0.4 is 0 Å². The van der Waals surface area contributed by atoms with E-state index in [1.165, 1.54) is 0 Å². The van der Waals surface area contributed by atoms with E-state index < -0.39 is 0 Å². The third-order valence-electron chi connectivity index (χ3n) is 2.65. The van der Waals surface area contributed by atoms with Crippen LogP contribution in [0.25, 0.3) is 11.3 Å². The highest BCUT2D eigenvalue weighted by Crippen LogP contribution is 2.21. The maximum Gasteiger partial charge on any atom is 0.133 e. The van der Waals surface area contributed by atoms with Crippen molar-refractivity contribution in [2.75, 3.05) is 0 Å². The van der Waals surface area contributed by atoms with Crippen LogP contribution in [0.2, 0.25) is 0 Å². The second kappa shape index (κ2) is 5.19. The average Bonchev–Trinajstić information content (AvgIpc) is 2.33. The van der Waals surface area contributed by atoms with Gasteiger partial charge in [0.15, 0.2) is 0 Å². The topological polar surface area (TPSA) is 41.6 Å². The molecule has 1 N–H and O–H groups in total. The lowest BCUT2D eigenvalue weighted by molar-refractivity contribution is 0.898. The van der Waals surface area contributed by atoms with Crippen molar-refractivity contribution < 1.29 is 0 Å². The summed E-state index contributed by atoms with van der Waals surface area (Å²) in [5.41, 5.74) is 4.22. The van der Waals surface area contributed by atoms with E-state index in [2.05, 4.69) is 27.9 Å². The molecule has 0 aromatic carbocycles. The number of hydrogen-bond donors (Lipinski definition) is 1. The van der Waals surface area contributed by atoms with E-state index in [9.17, 15) is 0 Å². The Morgan fingerprint density at radius 3 is 2.76 bits per heavy atom. The van der Waals surface area contributed by atoms with Crippen LogP contribution in [-0.2, 0) is 6.42 Å². The number of aryl methyl sites for hydroxylation is 1. The lowest BCUT2D eigenvalue weighted by atomic mass is 10.1. The molecular formula is C13H15N3S. The van der Waals surface area contributed by atoms with Gasteiger partial charge < -0.3 is 4.98 Å². The number of rotatable bonds is 3. The number of H-pyrrole nitrogens is 1. The minimum Gasteiger partial charge on any atom is -0.345 e. The van der Waals surface area contributed by atoms with Crippen LogP contribution >= 0.6 is 12.2 Å². The Kier molecular flexibility index (Phi) is 3.64. The maximum atomic E-state index is 5.28. The number of hydrogen-bond acceptors (Lipinski definition) is 3. The number of aromatic amines is 1. The lowest BCUT2D eigenvalue weighted by Gasteiger charge is -2.08. The standard InChI is InChI=1S/C13H15N3S/c1-3-4-11-12(15-8-16-13(11)17)10-6-5-9(2)14-7-10/h5-8H,3-4H2,1-2H3,(H,15,16,17). The highest BCUT2D eigenvalue weighted by Gasteiger charge is 2.07. The Morgan fingerprint density at radius 2 is 2.12 bits per heavy atom. The molecule has 0 bridgehead atoms. The predicted octanol–water partition coefficient (Wildman–Crippen LogP) is 3.46. The quantitative estimate of drug-likeness (QED) is 0.842. The van der Waals surface area contributed by atoms with Crippen LogP contribution in [0.15, 0.2) is 24.7 Å². The van der Waals surface area contributed by atoms with Crippen molar-refractivity contribution in [2.24, 2.45) is 0 Å². The van der Waals surface area contributed by atoms with Gasteiger partial charge in [-0.3, -0.25) is 4.98 Å². The van der Waals surface area contributed by atoms with E-state index in [0.29, 0.717) is 4.64 Å². The second-order valence-electron chi connectivity index (χ2n) is 4.00. The molecule has 88 valence electrons. The molecule has 0 unspecified atom stereocenters. The molecule has 2 aromatic rings. The van der Waals surface area contributed by atoms with Crippen LogP contribution in [0.4, 0.5) is 0 Å². The van der Waals surface area contributed by atoms with Crippen molar-refractivity contribution in [3.63, 3.8) is 0 Å². The Labute approximate surface area is 106 Å². The third kappa shape index (κ3) is 2.58. The van der Waals surface area contributed by atoms with Crippen LogP contribution in [0.5, 0.6) is 0 Å². The fourth-order valence-corrected chi connectivity index (χ4v) is 2.04. The Hall–Kier alpha value is -1.55. The number of aromatic nitrogens is 3. The molecule has 2 aromatic heterocycles. The normalized spacial score (nSPS) is 10.5. The molecule has 3 nitrogen and oxygen atoms in total. The first-order valence-electron chi connectivity index (χ1n) is 5.72. The summed E-state index contributed by atoms with van der Waals surface area (Å²) in [4.78, 5) is 11.6. The summed E-state index contributed by atoms with van der Waals surface area (Å²) in [5.74, 6) is 0. The van der Waals surface area contributed by atoms with Crippen molar-refractivity contribution in [3.05, 3.63) is 40.6 Å². The van der Waals surface area contributed by atoms with E-state index in [0.717, 1.165) is 35.4 Å². The Balaban J connectivity index is 2.54. The van der Waals surface area contributed by atoms with E-state index in [-0.39, 0.29) is 0 Å². The van der Waals surface area contributed by atoms with Gasteiger partial charge in [0.2, 0.25) is 0 Å². The van der Waals surface area contributed by atoms with Gasteiger partial charge in [0.25, 0.3) is 0 Å². The van der Waals surface area contributed by atoms with Crippen molar-refractivity contribution >= 4 is 12.2 Å². The van der Waals surface area contributed by atoms with Crippen molar-refractivity contribution in [3.8, 4) is 11.3 Å². The number of nitrogens with one attached hydrogen (secondary N) is 1. The van der Waals surface area contributed by atoms with Gasteiger partial charge in [-0.05, 0) is 25.5 Å². The molecule has 0 aliphatic heterocycles. The maximum absolute atomic E-state index is 5.28. The molecule has 0 saturated heterocycles. The first-order valence-corrected chi connectivity index (χ1v) is 6.12. The summed E-state index contributed by atoms with van der Waals surface area (Å²) in [6.07, 6.45) is 5.51. The van der Waals surface area contributed by atoms with Gasteiger partial charge in [0.1, 0.15) is 4.64 Å². The smallest absolute Gasteiger partial charge is 0.133 e. The number of pyridine rings is 1. The summed E-state index contributed by atoms with van der Waals surface area (Å²) >= 11 is 5.28. The fourth-order valence-electron chi connectivity index (χ4n) is 1.78. The summed E-state index contributed by atoms with van der Waals surface area (Å²) < 4.78 is 0.682. The monoisotopic (exact) mass is 245 g/mol. The lowest BCUT2D eigenvalue weighted by Crippen LogP contribution is -1.97. The van der Waals surface area contributed by atoms with Gasteiger partial charge in [-0.15, -0.1) is 0 Å². The Morgan fingerprint density at radius 1 is 1.29 bits per heavy atom. The fraction of sp³-hybridized carbons (Fsp3) is 0.308. The summed E-state index contributed by atoms with van der Waals surface area (Å²) in [7, 11) is 0. The second-order valence-corrected chi connectivity index (χ2v) is 4.39. The van der Waals surface area contributed by atoms with Gasteiger partial charge in [-0.2, -0.15) is 0 Å². The molecule has 0 aliphatic carbocycles. The van der Waals surface area contributed by atoms with Crippen molar-refractivity contribution in [2.45, 2.75) is 26.7 Å². The van der Waals surface area contributed by atoms with Gasteiger partial charge in [-0.1, -0.05) is 25.6 Å². The third-order valence-corrected chi connectivity index (χ3v) is 3.00. The summed E-state index contributed by atoms with van der Waals surface area (Å²) in [6, 6.07) is 4.06. The molecule has 2 heterocycles. The van der Waals surface area contributed by atoms with E-state index in [1.807, 2.05) is 19.2 Å². The molecule has 0 atom stereocenters. The SMILES string of the molecule is CCCc1c(-c2ccc(C)nc2)[nH]cnc1=S. The molecule has 0 spiro atoms. The summed E-state index contributed by atoms with van der Waals surface area (Å²) in [5, 5.41) is 0. The molecule has 0 saturated carbocycles. The highest BCUT2D eigenvalue weighted by atomic mass is 32.1. The van der Waals surface area contributed by atoms with Crippen molar-refractivity contribution in [1.82, 2.24) is 15.0 Å². The molecule has 0 aliphatic rings. The van der Waals surface area contributed by atoms with Crippen LogP contribution in [0.3, 0.4) is 0 Å². The van der Waals surface area contributed by atoms with E-state index >= 15 is 0 Å². The molecule has 0 amide bonds. The molecule has 0 radical (unpaired) electrons. The van der Waals surface area contributed by atoms with E-state index in [1.54, 1.807) is 6.33 Å². The molecular weight excluding hydrogens is 230 g/mol. The largest absolute Gasteiger partial charge is 0.345 e. The summed E-state index contributed by atoms with van der Waals surface area (Å²) in [6.45, 7) is 4.12. The zero-order chi connectivity index (χ0) is 12.3. The first-order chi connectivity index (χ1) is 8.22. The van der Waals surface area contributed by atoms with E-state index in [4.69, 9.17) is 12.2 Å². The highest BCUT2D eigenvalue weighted by molar-refractivity contribution is 7.71. The van der Waals surface area contributed by atoms with Gasteiger partial charge in [0.05, 0.1) is 12.0 Å². The molecule has 17 heavy (non-hydrogen) atoms. The van der Waals surface area contributed by atoms with Crippen LogP contribution in [-0.4, -0.2) is 15.0 Å². The minimum absolute atomic E-state index is 0.682. The van der Waals surface area contributed by atoms with Crippen LogP contribution in [0, 0.1) is 11.6 Å². The first kappa shape index (κ1) is 11.9. The van der Waals surface area contributed by atoms with Gasteiger partial charge in [0, 0.05) is 23.0 Å². The zero-order valence-electron chi connectivity index (χ0n) is 10.0. The van der Waals surface area contributed by atoms with Crippen LogP contribution in [0.1, 0.15) is 24.6 Å².